The van der Waals surface area contributed by atoms with E-state index in [4.69, 9.17) is 14.2 Å². The van der Waals surface area contributed by atoms with Crippen LogP contribution >= 0.6 is 0 Å². The van der Waals surface area contributed by atoms with Crippen molar-refractivity contribution in [2.45, 2.75) is 18.4 Å². The summed E-state index contributed by atoms with van der Waals surface area (Å²) in [6, 6.07) is 1.16. The first-order valence-corrected chi connectivity index (χ1v) is 5.59. The molecule has 1 rings (SSSR count). The van der Waals surface area contributed by atoms with Crippen molar-refractivity contribution in [2.24, 2.45) is 0 Å². The van der Waals surface area contributed by atoms with E-state index in [1.807, 2.05) is 0 Å². The van der Waals surface area contributed by atoms with Crippen LogP contribution in [-0.4, -0.2) is 54.8 Å². The molecule has 0 aromatic carbocycles. The van der Waals surface area contributed by atoms with Gasteiger partial charge in [-0.2, -0.15) is 0 Å². The molecule has 0 saturated carbocycles. The first-order valence-electron chi connectivity index (χ1n) is 5.59. The minimum absolute atomic E-state index is 0.135. The number of nitrogens with zero attached hydrogens (tertiary/aromatic N) is 1. The Labute approximate surface area is 109 Å². The standard InChI is InChI=1S/C11H18N2O6/c1-17-6-7(18-2)9(15)10(19-3)13-5-4-8(14)12-11(13)16/h4-5,7,9-10,15H,6H2,1-3H3,(H,12,14,16)/t7-,9-,10-/m1/s1. The van der Waals surface area contributed by atoms with Gasteiger partial charge in [0, 0.05) is 33.6 Å². The molecule has 3 atom stereocenters. The maximum atomic E-state index is 11.7. The van der Waals surface area contributed by atoms with E-state index in [2.05, 4.69) is 4.98 Å². The molecule has 8 nitrogen and oxygen atoms in total. The van der Waals surface area contributed by atoms with Crippen LogP contribution in [0.4, 0.5) is 0 Å². The molecule has 8 heteroatoms. The Morgan fingerprint density at radius 1 is 1.32 bits per heavy atom. The van der Waals surface area contributed by atoms with Gasteiger partial charge >= 0.3 is 5.69 Å². The van der Waals surface area contributed by atoms with E-state index in [1.54, 1.807) is 0 Å². The monoisotopic (exact) mass is 274 g/mol. The number of aliphatic hydroxyl groups is 1. The average molecular weight is 274 g/mol. The molecule has 1 aromatic rings. The van der Waals surface area contributed by atoms with Gasteiger partial charge in [-0.3, -0.25) is 14.3 Å². The molecule has 0 aliphatic carbocycles. The Kier molecular flexibility index (Phi) is 5.90. The highest BCUT2D eigenvalue weighted by atomic mass is 16.5. The van der Waals surface area contributed by atoms with Crippen molar-refractivity contribution < 1.29 is 19.3 Å². The molecule has 2 N–H and O–H groups in total. The largest absolute Gasteiger partial charge is 0.386 e. The number of ether oxygens (including phenoxy) is 3. The van der Waals surface area contributed by atoms with Crippen LogP contribution in [0.5, 0.6) is 0 Å². The molecular formula is C11H18N2O6. The van der Waals surface area contributed by atoms with Crippen LogP contribution < -0.4 is 11.2 Å². The summed E-state index contributed by atoms with van der Waals surface area (Å²) in [5.41, 5.74) is -1.20. The van der Waals surface area contributed by atoms with Crippen LogP contribution in [0.25, 0.3) is 0 Å². The lowest BCUT2D eigenvalue weighted by Crippen LogP contribution is -2.44. The van der Waals surface area contributed by atoms with Gasteiger partial charge in [-0.1, -0.05) is 0 Å². The fourth-order valence-corrected chi connectivity index (χ4v) is 1.70. The predicted octanol–water partition coefficient (Wildman–Crippen LogP) is -1.30. The number of hydrogen-bond acceptors (Lipinski definition) is 6. The Hall–Kier alpha value is -1.48. The second-order valence-corrected chi connectivity index (χ2v) is 3.86. The molecule has 0 fully saturated rings. The van der Waals surface area contributed by atoms with Gasteiger partial charge in [-0.25, -0.2) is 4.79 Å². The van der Waals surface area contributed by atoms with Crippen molar-refractivity contribution >= 4 is 0 Å². The SMILES string of the molecule is COC[C@@H](OC)[C@@H](O)[C@@H](OC)n1ccc(=O)[nH]c1=O. The number of methoxy groups -OCH3 is 3. The lowest BCUT2D eigenvalue weighted by molar-refractivity contribution is -0.135. The molecule has 0 aliphatic rings. The van der Waals surface area contributed by atoms with E-state index in [9.17, 15) is 14.7 Å². The number of nitrogens with one attached hydrogen (secondary N) is 1. The van der Waals surface area contributed by atoms with Gasteiger partial charge < -0.3 is 19.3 Å². The van der Waals surface area contributed by atoms with E-state index < -0.39 is 29.7 Å². The van der Waals surface area contributed by atoms with Crippen molar-refractivity contribution in [3.63, 3.8) is 0 Å². The van der Waals surface area contributed by atoms with Gasteiger partial charge in [-0.15, -0.1) is 0 Å². The van der Waals surface area contributed by atoms with Crippen molar-refractivity contribution in [1.82, 2.24) is 9.55 Å². The van der Waals surface area contributed by atoms with Gasteiger partial charge in [0.25, 0.3) is 5.56 Å². The Balaban J connectivity index is 3.05. The average Bonchev–Trinajstić information content (AvgIpc) is 2.39. The lowest BCUT2D eigenvalue weighted by atomic mass is 10.2. The molecule has 0 amide bonds. The number of aromatic amines is 1. The fourth-order valence-electron chi connectivity index (χ4n) is 1.70. The highest BCUT2D eigenvalue weighted by molar-refractivity contribution is 4.87. The third-order valence-corrected chi connectivity index (χ3v) is 2.67. The number of aliphatic hydroxyl groups excluding tert-OH is 1. The van der Waals surface area contributed by atoms with Crippen molar-refractivity contribution in [3.8, 4) is 0 Å². The number of aromatic nitrogens is 2. The maximum absolute atomic E-state index is 11.7. The molecule has 0 aliphatic heterocycles. The van der Waals surface area contributed by atoms with Crippen molar-refractivity contribution in [2.75, 3.05) is 27.9 Å². The second kappa shape index (κ2) is 7.19. The Bertz CT molecular complexity index is 496. The van der Waals surface area contributed by atoms with E-state index in [0.29, 0.717) is 0 Å². The van der Waals surface area contributed by atoms with Crippen molar-refractivity contribution in [1.29, 1.82) is 0 Å². The third kappa shape index (κ3) is 3.74. The zero-order valence-corrected chi connectivity index (χ0v) is 11.0. The van der Waals surface area contributed by atoms with E-state index in [1.165, 1.54) is 27.5 Å². The van der Waals surface area contributed by atoms with E-state index in [-0.39, 0.29) is 6.61 Å². The van der Waals surface area contributed by atoms with Crippen molar-refractivity contribution in [3.05, 3.63) is 33.1 Å². The van der Waals surface area contributed by atoms with E-state index in [0.717, 1.165) is 10.6 Å². The molecule has 108 valence electrons. The first-order chi connectivity index (χ1) is 9.04. The van der Waals surface area contributed by atoms with Gasteiger partial charge in [0.1, 0.15) is 12.2 Å². The van der Waals surface area contributed by atoms with Crippen LogP contribution in [0, 0.1) is 0 Å². The minimum Gasteiger partial charge on any atom is -0.386 e. The normalized spacial score (nSPS) is 16.0. The number of rotatable bonds is 7. The second-order valence-electron chi connectivity index (χ2n) is 3.86. The molecule has 19 heavy (non-hydrogen) atoms. The van der Waals surface area contributed by atoms with Crippen LogP contribution in [0.3, 0.4) is 0 Å². The lowest BCUT2D eigenvalue weighted by Gasteiger charge is -2.28. The molecule has 0 bridgehead atoms. The molecule has 0 unspecified atom stereocenters. The topological polar surface area (TPSA) is 103 Å². The zero-order chi connectivity index (χ0) is 14.4. The first kappa shape index (κ1) is 15.6. The number of H-pyrrole nitrogens is 1. The van der Waals surface area contributed by atoms with Gasteiger partial charge in [-0.05, 0) is 0 Å². The molecular weight excluding hydrogens is 256 g/mol. The highest BCUT2D eigenvalue weighted by Gasteiger charge is 2.30. The predicted molar refractivity (Wildman–Crippen MR) is 66.0 cm³/mol. The summed E-state index contributed by atoms with van der Waals surface area (Å²) >= 11 is 0. The van der Waals surface area contributed by atoms with Crippen LogP contribution in [0.2, 0.25) is 0 Å². The van der Waals surface area contributed by atoms with Crippen LogP contribution in [0.1, 0.15) is 6.23 Å². The van der Waals surface area contributed by atoms with Crippen LogP contribution in [-0.2, 0) is 14.2 Å². The summed E-state index contributed by atoms with van der Waals surface area (Å²) < 4.78 is 16.2. The minimum atomic E-state index is -1.14. The maximum Gasteiger partial charge on any atom is 0.330 e. The summed E-state index contributed by atoms with van der Waals surface area (Å²) in [6.45, 7) is 0.135. The Morgan fingerprint density at radius 3 is 2.47 bits per heavy atom. The summed E-state index contributed by atoms with van der Waals surface area (Å²) in [6.07, 6.45) is -1.56. The van der Waals surface area contributed by atoms with Crippen LogP contribution in [0.15, 0.2) is 21.9 Å². The highest BCUT2D eigenvalue weighted by Crippen LogP contribution is 2.15. The molecule has 0 spiro atoms. The molecule has 0 saturated heterocycles. The van der Waals surface area contributed by atoms with Gasteiger partial charge in [0.2, 0.25) is 0 Å². The smallest absolute Gasteiger partial charge is 0.330 e. The quantitative estimate of drug-likeness (QED) is 0.641. The molecule has 0 radical (unpaired) electrons. The molecule has 1 heterocycles. The summed E-state index contributed by atoms with van der Waals surface area (Å²) in [5.74, 6) is 0. The zero-order valence-electron chi connectivity index (χ0n) is 11.0. The number of hydrogen-bond donors (Lipinski definition) is 2. The summed E-state index contributed by atoms with van der Waals surface area (Å²) in [4.78, 5) is 24.7. The Morgan fingerprint density at radius 2 is 2.00 bits per heavy atom. The summed E-state index contributed by atoms with van der Waals surface area (Å²) in [7, 11) is 4.22. The fraction of sp³-hybridized carbons (Fsp3) is 0.636. The van der Waals surface area contributed by atoms with Gasteiger partial charge in [0.05, 0.1) is 6.61 Å². The summed E-state index contributed by atoms with van der Waals surface area (Å²) in [5, 5.41) is 10.2. The third-order valence-electron chi connectivity index (χ3n) is 2.67. The van der Waals surface area contributed by atoms with Gasteiger partial charge in [0.15, 0.2) is 6.23 Å². The van der Waals surface area contributed by atoms with E-state index >= 15 is 0 Å². The molecule has 1 aromatic heterocycles.